The first kappa shape index (κ1) is 13.2. The lowest BCUT2D eigenvalue weighted by Gasteiger charge is -2.36. The standard InChI is InChI=1S/C15H22N2O/c1-15(2,12-6-5-8-16-11-12)14(18)10-13-7-3-4-9-17-13/h3-4,7,9,12,16H,5-6,8,10-11H2,1-2H3. The maximum Gasteiger partial charge on any atom is 0.144 e. The van der Waals surface area contributed by atoms with Gasteiger partial charge in [0.1, 0.15) is 5.78 Å². The molecule has 2 rings (SSSR count). The molecule has 0 amide bonds. The number of ketones is 1. The average molecular weight is 246 g/mol. The van der Waals surface area contributed by atoms with Crippen molar-refractivity contribution in [1.29, 1.82) is 0 Å². The van der Waals surface area contributed by atoms with Crippen molar-refractivity contribution >= 4 is 5.78 Å². The molecule has 0 spiro atoms. The zero-order valence-electron chi connectivity index (χ0n) is 11.3. The van der Waals surface area contributed by atoms with Gasteiger partial charge in [-0.15, -0.1) is 0 Å². The molecule has 0 aromatic carbocycles. The quantitative estimate of drug-likeness (QED) is 0.885. The number of aromatic nitrogens is 1. The molecule has 1 aliphatic heterocycles. The molecule has 1 aliphatic rings. The molecule has 0 aliphatic carbocycles. The predicted molar refractivity (Wildman–Crippen MR) is 72.3 cm³/mol. The smallest absolute Gasteiger partial charge is 0.144 e. The van der Waals surface area contributed by atoms with E-state index in [1.807, 2.05) is 18.2 Å². The number of piperidine rings is 1. The fraction of sp³-hybridized carbons (Fsp3) is 0.600. The van der Waals surface area contributed by atoms with Gasteiger partial charge in [-0.25, -0.2) is 0 Å². The van der Waals surface area contributed by atoms with Crippen molar-refractivity contribution in [3.8, 4) is 0 Å². The third-order valence-electron chi connectivity index (χ3n) is 4.10. The first-order valence-electron chi connectivity index (χ1n) is 6.74. The number of Topliss-reactive ketones (excluding diaryl/α,β-unsaturated/α-hetero) is 1. The van der Waals surface area contributed by atoms with Crippen molar-refractivity contribution in [2.45, 2.75) is 33.1 Å². The third-order valence-corrected chi connectivity index (χ3v) is 4.10. The van der Waals surface area contributed by atoms with Crippen LogP contribution < -0.4 is 5.32 Å². The van der Waals surface area contributed by atoms with Crippen molar-refractivity contribution in [3.05, 3.63) is 30.1 Å². The van der Waals surface area contributed by atoms with E-state index in [0.29, 0.717) is 18.1 Å². The number of rotatable bonds is 4. The van der Waals surface area contributed by atoms with Crippen LogP contribution in [0.15, 0.2) is 24.4 Å². The van der Waals surface area contributed by atoms with Crippen LogP contribution in [-0.4, -0.2) is 23.9 Å². The summed E-state index contributed by atoms with van der Waals surface area (Å²) in [6, 6.07) is 5.74. The summed E-state index contributed by atoms with van der Waals surface area (Å²) in [5.74, 6) is 0.748. The minimum Gasteiger partial charge on any atom is -0.316 e. The largest absolute Gasteiger partial charge is 0.316 e. The first-order valence-corrected chi connectivity index (χ1v) is 6.74. The van der Waals surface area contributed by atoms with Crippen LogP contribution in [0.1, 0.15) is 32.4 Å². The number of carbonyl (C=O) groups excluding carboxylic acids is 1. The number of carbonyl (C=O) groups is 1. The molecule has 1 unspecified atom stereocenters. The molecular formula is C15H22N2O. The van der Waals surface area contributed by atoms with Crippen LogP contribution in [0.5, 0.6) is 0 Å². The zero-order chi connectivity index (χ0) is 13.0. The second kappa shape index (κ2) is 5.61. The fourth-order valence-electron chi connectivity index (χ4n) is 2.59. The molecule has 3 nitrogen and oxygen atoms in total. The van der Waals surface area contributed by atoms with Gasteiger partial charge in [-0.2, -0.15) is 0 Å². The Morgan fingerprint density at radius 2 is 2.33 bits per heavy atom. The number of pyridine rings is 1. The van der Waals surface area contributed by atoms with Crippen molar-refractivity contribution < 1.29 is 4.79 Å². The van der Waals surface area contributed by atoms with Crippen molar-refractivity contribution in [3.63, 3.8) is 0 Å². The Hall–Kier alpha value is -1.22. The predicted octanol–water partition coefficient (Wildman–Crippen LogP) is 2.22. The van der Waals surface area contributed by atoms with E-state index in [1.165, 1.54) is 6.42 Å². The van der Waals surface area contributed by atoms with Crippen LogP contribution in [0, 0.1) is 11.3 Å². The molecule has 1 fully saturated rings. The lowest BCUT2D eigenvalue weighted by molar-refractivity contribution is -0.129. The maximum atomic E-state index is 12.5. The van der Waals surface area contributed by atoms with Crippen molar-refractivity contribution in [1.82, 2.24) is 10.3 Å². The molecule has 0 bridgehead atoms. The van der Waals surface area contributed by atoms with Crippen LogP contribution >= 0.6 is 0 Å². The molecular weight excluding hydrogens is 224 g/mol. The van der Waals surface area contributed by atoms with Crippen LogP contribution in [0.25, 0.3) is 0 Å². The van der Waals surface area contributed by atoms with E-state index in [2.05, 4.69) is 24.1 Å². The van der Waals surface area contributed by atoms with Gasteiger partial charge in [-0.1, -0.05) is 19.9 Å². The SMILES string of the molecule is CC(C)(C(=O)Cc1ccccn1)C1CCCNC1. The van der Waals surface area contributed by atoms with E-state index in [4.69, 9.17) is 0 Å². The van der Waals surface area contributed by atoms with Crippen molar-refractivity contribution in [2.75, 3.05) is 13.1 Å². The number of hydrogen-bond acceptors (Lipinski definition) is 3. The fourth-order valence-corrected chi connectivity index (χ4v) is 2.59. The highest BCUT2D eigenvalue weighted by molar-refractivity contribution is 5.86. The topological polar surface area (TPSA) is 42.0 Å². The highest BCUT2D eigenvalue weighted by Gasteiger charge is 2.36. The lowest BCUT2D eigenvalue weighted by atomic mass is 9.71. The third kappa shape index (κ3) is 2.96. The van der Waals surface area contributed by atoms with E-state index in [9.17, 15) is 4.79 Å². The summed E-state index contributed by atoms with van der Waals surface area (Å²) < 4.78 is 0. The summed E-state index contributed by atoms with van der Waals surface area (Å²) in [5, 5.41) is 3.39. The van der Waals surface area contributed by atoms with Gasteiger partial charge in [0.25, 0.3) is 0 Å². The summed E-state index contributed by atoms with van der Waals surface area (Å²) in [5.41, 5.74) is 0.615. The Labute approximate surface area is 109 Å². The molecule has 0 saturated carbocycles. The van der Waals surface area contributed by atoms with Gasteiger partial charge in [-0.05, 0) is 44.0 Å². The van der Waals surface area contributed by atoms with Gasteiger partial charge in [0.05, 0.1) is 0 Å². The average Bonchev–Trinajstić information content (AvgIpc) is 2.41. The Balaban J connectivity index is 2.02. The Morgan fingerprint density at radius 1 is 1.50 bits per heavy atom. The van der Waals surface area contributed by atoms with E-state index in [0.717, 1.165) is 25.2 Å². The minimum absolute atomic E-state index is 0.259. The van der Waals surface area contributed by atoms with Gasteiger partial charge in [0.15, 0.2) is 0 Å². The molecule has 2 heterocycles. The number of nitrogens with zero attached hydrogens (tertiary/aromatic N) is 1. The highest BCUT2D eigenvalue weighted by atomic mass is 16.1. The van der Waals surface area contributed by atoms with Gasteiger partial charge in [0.2, 0.25) is 0 Å². The van der Waals surface area contributed by atoms with Gasteiger partial charge >= 0.3 is 0 Å². The molecule has 98 valence electrons. The van der Waals surface area contributed by atoms with Gasteiger partial charge in [-0.3, -0.25) is 9.78 Å². The maximum absolute atomic E-state index is 12.5. The first-order chi connectivity index (χ1) is 8.60. The summed E-state index contributed by atoms with van der Waals surface area (Å²) in [6.07, 6.45) is 4.51. The Morgan fingerprint density at radius 3 is 2.94 bits per heavy atom. The Bertz CT molecular complexity index is 394. The molecule has 0 radical (unpaired) electrons. The van der Waals surface area contributed by atoms with Crippen LogP contribution in [0.2, 0.25) is 0 Å². The zero-order valence-corrected chi connectivity index (χ0v) is 11.3. The number of nitrogens with one attached hydrogen (secondary N) is 1. The van der Waals surface area contributed by atoms with E-state index < -0.39 is 0 Å². The summed E-state index contributed by atoms with van der Waals surface area (Å²) in [4.78, 5) is 16.7. The molecule has 18 heavy (non-hydrogen) atoms. The molecule has 1 aromatic heterocycles. The van der Waals surface area contributed by atoms with Crippen LogP contribution in [-0.2, 0) is 11.2 Å². The monoisotopic (exact) mass is 246 g/mol. The molecule has 1 saturated heterocycles. The van der Waals surface area contributed by atoms with Gasteiger partial charge < -0.3 is 5.32 Å². The highest BCUT2D eigenvalue weighted by Crippen LogP contribution is 2.33. The number of hydrogen-bond donors (Lipinski definition) is 1. The minimum atomic E-state index is -0.259. The van der Waals surface area contributed by atoms with E-state index >= 15 is 0 Å². The lowest BCUT2D eigenvalue weighted by Crippen LogP contribution is -2.43. The van der Waals surface area contributed by atoms with Crippen LogP contribution in [0.3, 0.4) is 0 Å². The molecule has 1 N–H and O–H groups in total. The summed E-state index contributed by atoms with van der Waals surface area (Å²) in [6.45, 7) is 6.20. The summed E-state index contributed by atoms with van der Waals surface area (Å²) in [7, 11) is 0. The second-order valence-corrected chi connectivity index (χ2v) is 5.69. The van der Waals surface area contributed by atoms with E-state index in [1.54, 1.807) is 6.20 Å². The van der Waals surface area contributed by atoms with Gasteiger partial charge in [0, 0.05) is 23.7 Å². The van der Waals surface area contributed by atoms with Crippen molar-refractivity contribution in [2.24, 2.45) is 11.3 Å². The van der Waals surface area contributed by atoms with E-state index in [-0.39, 0.29) is 5.41 Å². The normalized spacial score (nSPS) is 20.7. The molecule has 1 atom stereocenters. The summed E-state index contributed by atoms with van der Waals surface area (Å²) >= 11 is 0. The second-order valence-electron chi connectivity index (χ2n) is 5.69. The molecule has 3 heteroatoms. The molecule has 1 aromatic rings. The Kier molecular flexibility index (Phi) is 4.12. The van der Waals surface area contributed by atoms with Crippen LogP contribution in [0.4, 0.5) is 0 Å².